The Morgan fingerprint density at radius 1 is 1.25 bits per heavy atom. The van der Waals surface area contributed by atoms with Crippen LogP contribution >= 0.6 is 11.8 Å². The normalized spacial score (nSPS) is 27.7. The summed E-state index contributed by atoms with van der Waals surface area (Å²) < 4.78 is 0. The lowest BCUT2D eigenvalue weighted by Gasteiger charge is -2.34. The van der Waals surface area contributed by atoms with Crippen LogP contribution in [0.3, 0.4) is 0 Å². The van der Waals surface area contributed by atoms with E-state index in [4.69, 9.17) is 0 Å². The number of thioether (sulfide) groups is 1. The molecule has 1 aliphatic carbocycles. The van der Waals surface area contributed by atoms with Crippen molar-refractivity contribution in [1.82, 2.24) is 15.2 Å². The van der Waals surface area contributed by atoms with Crippen molar-refractivity contribution >= 4 is 11.8 Å². The average molecular weight is 291 g/mol. The van der Waals surface area contributed by atoms with Crippen LogP contribution in [-0.2, 0) is 13.1 Å². The second-order valence-corrected chi connectivity index (χ2v) is 8.15. The van der Waals surface area contributed by atoms with E-state index in [9.17, 15) is 0 Å². The molecule has 0 bridgehead atoms. The number of rotatable bonds is 5. The van der Waals surface area contributed by atoms with Crippen molar-refractivity contribution in [2.75, 3.05) is 13.1 Å². The molecule has 1 saturated carbocycles. The fourth-order valence-corrected chi connectivity index (χ4v) is 4.23. The molecular formula is C16H25N3S. The van der Waals surface area contributed by atoms with Crippen molar-refractivity contribution < 1.29 is 0 Å². The number of pyridine rings is 1. The molecule has 1 saturated heterocycles. The Balaban J connectivity index is 1.51. The molecule has 0 radical (unpaired) electrons. The molecule has 20 heavy (non-hydrogen) atoms. The van der Waals surface area contributed by atoms with E-state index in [-0.39, 0.29) is 0 Å². The van der Waals surface area contributed by atoms with Crippen LogP contribution in [0.5, 0.6) is 0 Å². The Morgan fingerprint density at radius 2 is 2.00 bits per heavy atom. The van der Waals surface area contributed by atoms with Gasteiger partial charge >= 0.3 is 0 Å². The molecule has 2 unspecified atom stereocenters. The van der Waals surface area contributed by atoms with Gasteiger partial charge in [-0.3, -0.25) is 9.88 Å². The highest BCUT2D eigenvalue weighted by atomic mass is 32.2. The minimum Gasteiger partial charge on any atom is -0.310 e. The Morgan fingerprint density at radius 3 is 2.60 bits per heavy atom. The van der Waals surface area contributed by atoms with Crippen LogP contribution in [-0.4, -0.2) is 39.5 Å². The largest absolute Gasteiger partial charge is 0.310 e. The zero-order valence-corrected chi connectivity index (χ0v) is 13.3. The molecule has 2 aliphatic rings. The van der Waals surface area contributed by atoms with Crippen LogP contribution < -0.4 is 5.32 Å². The van der Waals surface area contributed by atoms with Crippen LogP contribution in [0.15, 0.2) is 18.3 Å². The lowest BCUT2D eigenvalue weighted by molar-refractivity contribution is 0.260. The van der Waals surface area contributed by atoms with Gasteiger partial charge in [0.15, 0.2) is 0 Å². The van der Waals surface area contributed by atoms with E-state index >= 15 is 0 Å². The van der Waals surface area contributed by atoms with Gasteiger partial charge in [-0.1, -0.05) is 19.9 Å². The van der Waals surface area contributed by atoms with Gasteiger partial charge in [0, 0.05) is 48.9 Å². The lowest BCUT2D eigenvalue weighted by Crippen LogP contribution is -2.39. The number of hydrogen-bond donors (Lipinski definition) is 1. The molecule has 1 aromatic heterocycles. The fraction of sp³-hybridized carbons (Fsp3) is 0.688. The van der Waals surface area contributed by atoms with Gasteiger partial charge in [-0.25, -0.2) is 0 Å². The maximum atomic E-state index is 4.63. The van der Waals surface area contributed by atoms with Gasteiger partial charge in [-0.15, -0.1) is 0 Å². The van der Waals surface area contributed by atoms with Gasteiger partial charge in [-0.2, -0.15) is 11.8 Å². The Bertz CT molecular complexity index is 420. The van der Waals surface area contributed by atoms with Gasteiger partial charge < -0.3 is 5.32 Å². The third-order valence-electron chi connectivity index (χ3n) is 3.94. The molecule has 2 heterocycles. The summed E-state index contributed by atoms with van der Waals surface area (Å²) in [5.74, 6) is 0. The van der Waals surface area contributed by atoms with E-state index < -0.39 is 0 Å². The van der Waals surface area contributed by atoms with E-state index in [0.717, 1.165) is 29.6 Å². The molecule has 3 nitrogen and oxygen atoms in total. The molecule has 110 valence electrons. The second kappa shape index (κ2) is 6.46. The number of nitrogens with zero attached hydrogens (tertiary/aromatic N) is 2. The van der Waals surface area contributed by atoms with Crippen LogP contribution in [0.2, 0.25) is 0 Å². The predicted molar refractivity (Wildman–Crippen MR) is 85.9 cm³/mol. The van der Waals surface area contributed by atoms with E-state index in [0.29, 0.717) is 0 Å². The fourth-order valence-electron chi connectivity index (χ4n) is 2.85. The first-order valence-electron chi connectivity index (χ1n) is 7.74. The summed E-state index contributed by atoms with van der Waals surface area (Å²) in [6.45, 7) is 8.97. The number of aromatic nitrogens is 1. The van der Waals surface area contributed by atoms with Crippen LogP contribution in [0.25, 0.3) is 0 Å². The summed E-state index contributed by atoms with van der Waals surface area (Å²) in [6, 6.07) is 5.19. The summed E-state index contributed by atoms with van der Waals surface area (Å²) in [5.41, 5.74) is 2.50. The van der Waals surface area contributed by atoms with Crippen LogP contribution in [0, 0.1) is 0 Å². The summed E-state index contributed by atoms with van der Waals surface area (Å²) >= 11 is 2.10. The van der Waals surface area contributed by atoms with Crippen molar-refractivity contribution in [3.05, 3.63) is 29.6 Å². The number of hydrogen-bond acceptors (Lipinski definition) is 4. The molecule has 1 aromatic rings. The first-order chi connectivity index (χ1) is 9.69. The monoisotopic (exact) mass is 291 g/mol. The van der Waals surface area contributed by atoms with Crippen molar-refractivity contribution in [2.45, 2.75) is 56.3 Å². The minimum absolute atomic E-state index is 0.737. The molecule has 1 aliphatic heterocycles. The Hall–Kier alpha value is -0.580. The molecule has 0 spiro atoms. The third-order valence-corrected chi connectivity index (χ3v) is 5.17. The van der Waals surface area contributed by atoms with Crippen LogP contribution in [0.1, 0.15) is 37.9 Å². The summed E-state index contributed by atoms with van der Waals surface area (Å²) in [6.07, 6.45) is 4.72. The van der Waals surface area contributed by atoms with Gasteiger partial charge in [-0.05, 0) is 24.5 Å². The van der Waals surface area contributed by atoms with Crippen LogP contribution in [0.4, 0.5) is 0 Å². The smallest absolute Gasteiger partial charge is 0.0544 e. The maximum absolute atomic E-state index is 4.63. The highest BCUT2D eigenvalue weighted by Crippen LogP contribution is 2.25. The summed E-state index contributed by atoms with van der Waals surface area (Å²) in [4.78, 5) is 7.17. The van der Waals surface area contributed by atoms with E-state index in [1.54, 1.807) is 0 Å². The SMILES string of the molecule is CC1CN(Cc2ccc(CNC3CC3)cn2)CC(C)S1. The zero-order chi connectivity index (χ0) is 13.9. The van der Waals surface area contributed by atoms with E-state index in [1.807, 2.05) is 6.20 Å². The van der Waals surface area contributed by atoms with Gasteiger partial charge in [0.05, 0.1) is 5.69 Å². The molecule has 0 amide bonds. The molecular weight excluding hydrogens is 266 g/mol. The quantitative estimate of drug-likeness (QED) is 0.903. The van der Waals surface area contributed by atoms with Crippen molar-refractivity contribution in [3.8, 4) is 0 Å². The third kappa shape index (κ3) is 4.21. The lowest BCUT2D eigenvalue weighted by atomic mass is 10.2. The second-order valence-electron chi connectivity index (χ2n) is 6.26. The molecule has 0 aromatic carbocycles. The summed E-state index contributed by atoms with van der Waals surface area (Å²) in [5, 5.41) is 5.01. The van der Waals surface area contributed by atoms with Gasteiger partial charge in [0.2, 0.25) is 0 Å². The van der Waals surface area contributed by atoms with Crippen molar-refractivity contribution in [1.29, 1.82) is 0 Å². The van der Waals surface area contributed by atoms with Gasteiger partial charge in [0.25, 0.3) is 0 Å². The molecule has 2 fully saturated rings. The predicted octanol–water partition coefficient (Wildman–Crippen LogP) is 2.66. The standard InChI is InChI=1S/C16H25N3S/c1-12-9-19(10-13(2)20-12)11-16-4-3-14(8-18-16)7-17-15-5-6-15/h3-4,8,12-13,15,17H,5-7,9-11H2,1-2H3. The molecule has 2 atom stereocenters. The minimum atomic E-state index is 0.737. The number of nitrogens with one attached hydrogen (secondary N) is 1. The van der Waals surface area contributed by atoms with E-state index in [2.05, 4.69) is 52.9 Å². The molecule has 1 N–H and O–H groups in total. The average Bonchev–Trinajstić information content (AvgIpc) is 3.21. The van der Waals surface area contributed by atoms with E-state index in [1.165, 1.54) is 37.2 Å². The highest BCUT2D eigenvalue weighted by molar-refractivity contribution is 8.00. The maximum Gasteiger partial charge on any atom is 0.0544 e. The molecule has 3 rings (SSSR count). The van der Waals surface area contributed by atoms with Crippen molar-refractivity contribution in [3.63, 3.8) is 0 Å². The highest BCUT2D eigenvalue weighted by Gasteiger charge is 2.22. The first kappa shape index (κ1) is 14.4. The van der Waals surface area contributed by atoms with Crippen molar-refractivity contribution in [2.24, 2.45) is 0 Å². The topological polar surface area (TPSA) is 28.2 Å². The van der Waals surface area contributed by atoms with Gasteiger partial charge in [0.1, 0.15) is 0 Å². The summed E-state index contributed by atoms with van der Waals surface area (Å²) in [7, 11) is 0. The molecule has 4 heteroatoms. The zero-order valence-electron chi connectivity index (χ0n) is 12.5. The Labute approximate surface area is 126 Å². The Kier molecular flexibility index (Phi) is 4.64. The first-order valence-corrected chi connectivity index (χ1v) is 8.68.